The fourth-order valence-electron chi connectivity index (χ4n) is 0.759. The summed E-state index contributed by atoms with van der Waals surface area (Å²) in [5.41, 5.74) is -0.315. The summed E-state index contributed by atoms with van der Waals surface area (Å²) in [6, 6.07) is 5.89. The van der Waals surface area contributed by atoms with Crippen molar-refractivity contribution in [1.29, 1.82) is 0 Å². The lowest BCUT2D eigenvalue weighted by atomic mass is 10.3. The van der Waals surface area contributed by atoms with Crippen molar-refractivity contribution in [2.24, 2.45) is 0 Å². The molecule has 1 rings (SSSR count). The normalized spacial score (nSPS) is 9.55. The average Bonchev–Trinajstić information content (AvgIpc) is 2.16. The molecule has 1 aromatic rings. The Labute approximate surface area is 63.6 Å². The quantitative estimate of drug-likeness (QED) is 0.606. The van der Waals surface area contributed by atoms with Gasteiger partial charge in [-0.25, -0.2) is 0 Å². The molecular formula is C8H8O3. The van der Waals surface area contributed by atoms with Gasteiger partial charge in [0.2, 0.25) is 5.43 Å². The van der Waals surface area contributed by atoms with Crippen LogP contribution in [0.15, 0.2) is 29.1 Å². The van der Waals surface area contributed by atoms with Crippen molar-refractivity contribution in [3.05, 3.63) is 40.1 Å². The van der Waals surface area contributed by atoms with Gasteiger partial charge in [-0.15, -0.1) is 0 Å². The molecule has 0 saturated carbocycles. The van der Waals surface area contributed by atoms with Crippen LogP contribution in [0.4, 0.5) is 0 Å². The van der Waals surface area contributed by atoms with Crippen LogP contribution in [0.25, 0.3) is 0 Å². The fourth-order valence-corrected chi connectivity index (χ4v) is 0.759. The van der Waals surface area contributed by atoms with Crippen LogP contribution in [-0.4, -0.2) is 10.2 Å². The van der Waals surface area contributed by atoms with Gasteiger partial charge < -0.3 is 10.2 Å². The van der Waals surface area contributed by atoms with Gasteiger partial charge in [-0.1, -0.05) is 18.2 Å². The Morgan fingerprint density at radius 2 is 1.91 bits per heavy atom. The van der Waals surface area contributed by atoms with Crippen molar-refractivity contribution in [3.8, 4) is 5.75 Å². The van der Waals surface area contributed by atoms with E-state index in [2.05, 4.69) is 0 Å². The first-order chi connectivity index (χ1) is 5.25. The van der Waals surface area contributed by atoms with E-state index in [0.29, 0.717) is 0 Å². The molecule has 0 heterocycles. The fraction of sp³-hybridized carbons (Fsp3) is 0.125. The lowest BCUT2D eigenvalue weighted by Gasteiger charge is -1.86. The van der Waals surface area contributed by atoms with E-state index in [9.17, 15) is 4.79 Å². The van der Waals surface area contributed by atoms with E-state index in [1.807, 2.05) is 0 Å². The van der Waals surface area contributed by atoms with Crippen LogP contribution >= 0.6 is 0 Å². The van der Waals surface area contributed by atoms with E-state index in [4.69, 9.17) is 10.2 Å². The van der Waals surface area contributed by atoms with Gasteiger partial charge in [0.15, 0.2) is 5.75 Å². The Balaban J connectivity index is 3.42. The molecule has 0 aliphatic rings. The number of hydrogen-bond acceptors (Lipinski definition) is 3. The lowest BCUT2D eigenvalue weighted by molar-refractivity contribution is 0.280. The predicted octanol–water partition coefficient (Wildman–Crippen LogP) is 0.245. The maximum absolute atomic E-state index is 11.0. The zero-order chi connectivity index (χ0) is 8.27. The molecule has 0 fully saturated rings. The Bertz CT molecular complexity index is 306. The van der Waals surface area contributed by atoms with Crippen molar-refractivity contribution < 1.29 is 10.2 Å². The largest absolute Gasteiger partial charge is 0.504 e. The summed E-state index contributed by atoms with van der Waals surface area (Å²) >= 11 is 0. The molecule has 3 nitrogen and oxygen atoms in total. The van der Waals surface area contributed by atoms with Gasteiger partial charge in [0.1, 0.15) is 0 Å². The smallest absolute Gasteiger partial charge is 0.225 e. The minimum atomic E-state index is -0.516. The minimum Gasteiger partial charge on any atom is -0.504 e. The molecule has 58 valence electrons. The molecule has 0 bridgehead atoms. The summed E-state index contributed by atoms with van der Waals surface area (Å²) in [6.07, 6.45) is 0. The number of aliphatic hydroxyl groups is 1. The van der Waals surface area contributed by atoms with Crippen LogP contribution in [0.5, 0.6) is 5.75 Å². The summed E-state index contributed by atoms with van der Waals surface area (Å²) in [6.45, 7) is -0.346. The molecule has 0 radical (unpaired) electrons. The van der Waals surface area contributed by atoms with Crippen molar-refractivity contribution in [2.75, 3.05) is 0 Å². The Kier molecular flexibility index (Phi) is 2.23. The highest BCUT2D eigenvalue weighted by Crippen LogP contribution is 1.99. The number of aliphatic hydroxyl groups excluding tert-OH is 1. The second kappa shape index (κ2) is 3.16. The minimum absolute atomic E-state index is 0.201. The molecule has 0 amide bonds. The number of aromatic hydroxyl groups is 1. The molecule has 11 heavy (non-hydrogen) atoms. The van der Waals surface area contributed by atoms with E-state index in [1.165, 1.54) is 18.2 Å². The number of hydrogen-bond donors (Lipinski definition) is 2. The molecule has 0 saturated heterocycles. The summed E-state index contributed by atoms with van der Waals surface area (Å²) < 4.78 is 0. The molecule has 1 aromatic carbocycles. The van der Waals surface area contributed by atoms with Gasteiger partial charge in [0.25, 0.3) is 0 Å². The van der Waals surface area contributed by atoms with Crippen LogP contribution < -0.4 is 5.43 Å². The maximum Gasteiger partial charge on any atom is 0.225 e. The van der Waals surface area contributed by atoms with Gasteiger partial charge >= 0.3 is 0 Å². The highest BCUT2D eigenvalue weighted by Gasteiger charge is 1.98. The third-order valence-corrected chi connectivity index (χ3v) is 1.36. The molecule has 0 aliphatic carbocycles. The Morgan fingerprint density at radius 1 is 1.27 bits per heavy atom. The average molecular weight is 152 g/mol. The van der Waals surface area contributed by atoms with Crippen molar-refractivity contribution >= 4 is 0 Å². The summed E-state index contributed by atoms with van der Waals surface area (Å²) in [7, 11) is 0. The number of rotatable bonds is 1. The lowest BCUT2D eigenvalue weighted by Crippen LogP contribution is -2.04. The Morgan fingerprint density at radius 3 is 2.55 bits per heavy atom. The summed E-state index contributed by atoms with van der Waals surface area (Å²) in [4.78, 5) is 11.0. The van der Waals surface area contributed by atoms with Crippen LogP contribution in [0, 0.1) is 0 Å². The van der Waals surface area contributed by atoms with Crippen LogP contribution in [0.2, 0.25) is 0 Å². The molecule has 2 N–H and O–H groups in total. The van der Waals surface area contributed by atoms with Crippen LogP contribution in [-0.2, 0) is 6.61 Å². The van der Waals surface area contributed by atoms with Crippen molar-refractivity contribution in [1.82, 2.24) is 0 Å². The molecule has 0 aromatic heterocycles. The molecule has 0 atom stereocenters. The third kappa shape index (κ3) is 1.56. The SMILES string of the molecule is O=c1c(O)ccccc1CO. The Hall–Kier alpha value is -1.35. The van der Waals surface area contributed by atoms with E-state index in [-0.39, 0.29) is 17.9 Å². The zero-order valence-electron chi connectivity index (χ0n) is 5.82. The molecule has 0 aliphatic heterocycles. The summed E-state index contributed by atoms with van der Waals surface area (Å²) in [5, 5.41) is 17.6. The monoisotopic (exact) mass is 152 g/mol. The van der Waals surface area contributed by atoms with Crippen molar-refractivity contribution in [2.45, 2.75) is 6.61 Å². The topological polar surface area (TPSA) is 57.5 Å². The summed E-state index contributed by atoms with van der Waals surface area (Å²) in [5.74, 6) is -0.334. The standard InChI is InChI=1S/C8H8O3/c9-5-6-3-1-2-4-7(10)8(6)11/h1-4,9H,5H2,(H,10,11). The van der Waals surface area contributed by atoms with E-state index in [0.717, 1.165) is 0 Å². The van der Waals surface area contributed by atoms with E-state index >= 15 is 0 Å². The van der Waals surface area contributed by atoms with Gasteiger partial charge in [-0.3, -0.25) is 4.79 Å². The van der Waals surface area contributed by atoms with Gasteiger partial charge in [0, 0.05) is 5.56 Å². The second-order valence-corrected chi connectivity index (χ2v) is 2.12. The first-order valence-corrected chi connectivity index (χ1v) is 3.17. The van der Waals surface area contributed by atoms with Crippen LogP contribution in [0.1, 0.15) is 5.56 Å². The highest BCUT2D eigenvalue weighted by molar-refractivity contribution is 5.25. The first-order valence-electron chi connectivity index (χ1n) is 3.17. The van der Waals surface area contributed by atoms with Gasteiger partial charge in [-0.2, -0.15) is 0 Å². The predicted molar refractivity (Wildman–Crippen MR) is 40.3 cm³/mol. The van der Waals surface area contributed by atoms with E-state index < -0.39 is 5.43 Å². The zero-order valence-corrected chi connectivity index (χ0v) is 5.82. The second-order valence-electron chi connectivity index (χ2n) is 2.12. The molecule has 0 spiro atoms. The maximum atomic E-state index is 11.0. The highest BCUT2D eigenvalue weighted by atomic mass is 16.3. The van der Waals surface area contributed by atoms with E-state index in [1.54, 1.807) is 6.07 Å². The van der Waals surface area contributed by atoms with Crippen LogP contribution in [0.3, 0.4) is 0 Å². The van der Waals surface area contributed by atoms with Gasteiger partial charge in [-0.05, 0) is 6.07 Å². The first kappa shape index (κ1) is 7.75. The third-order valence-electron chi connectivity index (χ3n) is 1.36. The molecule has 3 heteroatoms. The molecule has 0 unspecified atom stereocenters. The van der Waals surface area contributed by atoms with Crippen molar-refractivity contribution in [3.63, 3.8) is 0 Å². The van der Waals surface area contributed by atoms with Gasteiger partial charge in [0.05, 0.1) is 6.61 Å². The molecular weight excluding hydrogens is 144 g/mol.